The summed E-state index contributed by atoms with van der Waals surface area (Å²) in [7, 11) is 1.52. The summed E-state index contributed by atoms with van der Waals surface area (Å²) in [6, 6.07) is 7.15. The topological polar surface area (TPSA) is 83.8 Å². The van der Waals surface area contributed by atoms with Crippen molar-refractivity contribution in [1.29, 1.82) is 0 Å². The smallest absolute Gasteiger partial charge is 0.343 e. The van der Waals surface area contributed by atoms with Crippen LogP contribution in [0.5, 0.6) is 5.75 Å². The maximum absolute atomic E-state index is 10.8. The number of hydrogen-bond donors (Lipinski definition) is 2. The summed E-state index contributed by atoms with van der Waals surface area (Å²) in [4.78, 5) is 21.6. The SMILES string of the molecule is COc1ccccc1/C=C/C(C)=C(C(=O)O)C(=O)O. The predicted molar refractivity (Wildman–Crippen MR) is 70.0 cm³/mol. The molecule has 1 aromatic rings. The third-order valence-electron chi connectivity index (χ3n) is 2.47. The van der Waals surface area contributed by atoms with Gasteiger partial charge in [0.05, 0.1) is 7.11 Å². The number of methoxy groups -OCH3 is 1. The molecule has 0 aliphatic rings. The zero-order valence-electron chi connectivity index (χ0n) is 10.6. The van der Waals surface area contributed by atoms with Gasteiger partial charge in [-0.25, -0.2) is 9.59 Å². The van der Waals surface area contributed by atoms with Gasteiger partial charge in [-0.1, -0.05) is 30.4 Å². The lowest BCUT2D eigenvalue weighted by molar-refractivity contribution is -0.140. The van der Waals surface area contributed by atoms with Gasteiger partial charge in [0.15, 0.2) is 0 Å². The van der Waals surface area contributed by atoms with Crippen LogP contribution >= 0.6 is 0 Å². The normalized spacial score (nSPS) is 10.2. The highest BCUT2D eigenvalue weighted by atomic mass is 16.5. The number of rotatable bonds is 5. The Labute approximate surface area is 110 Å². The van der Waals surface area contributed by atoms with Gasteiger partial charge in [0, 0.05) is 5.56 Å². The van der Waals surface area contributed by atoms with E-state index in [2.05, 4.69) is 0 Å². The molecule has 0 bridgehead atoms. The van der Waals surface area contributed by atoms with E-state index in [1.807, 2.05) is 0 Å². The summed E-state index contributed by atoms with van der Waals surface area (Å²) >= 11 is 0. The van der Waals surface area contributed by atoms with E-state index in [0.717, 1.165) is 5.56 Å². The molecule has 0 fully saturated rings. The first-order chi connectivity index (χ1) is 8.97. The summed E-state index contributed by atoms with van der Waals surface area (Å²) < 4.78 is 5.13. The maximum atomic E-state index is 10.8. The molecule has 100 valence electrons. The molecular formula is C14H14O5. The molecule has 19 heavy (non-hydrogen) atoms. The molecule has 2 N–H and O–H groups in total. The zero-order valence-corrected chi connectivity index (χ0v) is 10.6. The number of hydrogen-bond acceptors (Lipinski definition) is 3. The predicted octanol–water partition coefficient (Wildman–Crippen LogP) is 2.19. The van der Waals surface area contributed by atoms with Crippen molar-refractivity contribution in [1.82, 2.24) is 0 Å². The number of carboxylic acid groups (broad SMARTS) is 2. The van der Waals surface area contributed by atoms with Crippen molar-refractivity contribution in [2.24, 2.45) is 0 Å². The van der Waals surface area contributed by atoms with Gasteiger partial charge in [-0.3, -0.25) is 0 Å². The molecule has 0 radical (unpaired) electrons. The molecule has 5 heteroatoms. The van der Waals surface area contributed by atoms with Gasteiger partial charge < -0.3 is 14.9 Å². The fourth-order valence-electron chi connectivity index (χ4n) is 1.53. The number of benzene rings is 1. The van der Waals surface area contributed by atoms with Gasteiger partial charge in [0.25, 0.3) is 0 Å². The zero-order chi connectivity index (χ0) is 14.4. The number of para-hydroxylation sites is 1. The van der Waals surface area contributed by atoms with E-state index in [9.17, 15) is 9.59 Å². The van der Waals surface area contributed by atoms with Crippen molar-refractivity contribution in [3.63, 3.8) is 0 Å². The van der Waals surface area contributed by atoms with Crippen LogP contribution in [0.1, 0.15) is 12.5 Å². The van der Waals surface area contributed by atoms with Gasteiger partial charge in [0.1, 0.15) is 11.3 Å². The molecule has 0 aliphatic heterocycles. The Kier molecular flexibility index (Phi) is 4.88. The van der Waals surface area contributed by atoms with Crippen molar-refractivity contribution < 1.29 is 24.5 Å². The van der Waals surface area contributed by atoms with Crippen molar-refractivity contribution >= 4 is 18.0 Å². The molecule has 0 heterocycles. The standard InChI is InChI=1S/C14H14O5/c1-9(12(13(15)16)14(17)18)7-8-10-5-3-4-6-11(10)19-2/h3-8H,1-2H3,(H,15,16)(H,17,18)/b8-7+. The third kappa shape index (κ3) is 3.70. The molecule has 0 spiro atoms. The van der Waals surface area contributed by atoms with E-state index in [0.29, 0.717) is 5.75 Å². The third-order valence-corrected chi connectivity index (χ3v) is 2.47. The van der Waals surface area contributed by atoms with Gasteiger partial charge in [0.2, 0.25) is 0 Å². The molecule has 0 saturated heterocycles. The van der Waals surface area contributed by atoms with Crippen molar-refractivity contribution in [3.8, 4) is 5.75 Å². The molecular weight excluding hydrogens is 248 g/mol. The lowest BCUT2D eigenvalue weighted by Crippen LogP contribution is -2.12. The Bertz CT molecular complexity index is 539. The largest absolute Gasteiger partial charge is 0.496 e. The van der Waals surface area contributed by atoms with Gasteiger partial charge in [-0.2, -0.15) is 0 Å². The molecule has 0 unspecified atom stereocenters. The highest BCUT2D eigenvalue weighted by Crippen LogP contribution is 2.20. The van der Waals surface area contributed by atoms with E-state index in [1.165, 1.54) is 20.1 Å². The second kappa shape index (κ2) is 6.39. The summed E-state index contributed by atoms with van der Waals surface area (Å²) in [6.45, 7) is 1.43. The summed E-state index contributed by atoms with van der Waals surface area (Å²) in [6.07, 6.45) is 3.05. The molecule has 5 nitrogen and oxygen atoms in total. The first kappa shape index (κ1) is 14.5. The highest BCUT2D eigenvalue weighted by molar-refractivity contribution is 6.13. The van der Waals surface area contributed by atoms with Gasteiger partial charge >= 0.3 is 11.9 Å². The van der Waals surface area contributed by atoms with E-state index in [4.69, 9.17) is 14.9 Å². The van der Waals surface area contributed by atoms with Crippen LogP contribution in [0.3, 0.4) is 0 Å². The van der Waals surface area contributed by atoms with Crippen molar-refractivity contribution in [2.75, 3.05) is 7.11 Å². The maximum Gasteiger partial charge on any atom is 0.343 e. The van der Waals surface area contributed by atoms with Crippen LogP contribution in [0.4, 0.5) is 0 Å². The van der Waals surface area contributed by atoms with E-state index < -0.39 is 17.5 Å². The fraction of sp³-hybridized carbons (Fsp3) is 0.143. The summed E-state index contributed by atoms with van der Waals surface area (Å²) in [5.74, 6) is -2.30. The average Bonchev–Trinajstić information content (AvgIpc) is 2.35. The second-order valence-corrected chi connectivity index (χ2v) is 3.74. The minimum absolute atomic E-state index is 0.158. The highest BCUT2D eigenvalue weighted by Gasteiger charge is 2.18. The minimum atomic E-state index is -1.46. The molecule has 0 aliphatic carbocycles. The Morgan fingerprint density at radius 2 is 1.74 bits per heavy atom. The fourth-order valence-corrected chi connectivity index (χ4v) is 1.53. The average molecular weight is 262 g/mol. The molecule has 0 saturated carbocycles. The van der Waals surface area contributed by atoms with Crippen molar-refractivity contribution in [3.05, 3.63) is 47.1 Å². The Balaban J connectivity index is 3.13. The van der Waals surface area contributed by atoms with Crippen LogP contribution in [-0.2, 0) is 9.59 Å². The summed E-state index contributed by atoms with van der Waals surface area (Å²) in [5, 5.41) is 17.6. The quantitative estimate of drug-likeness (QED) is 0.368. The van der Waals surface area contributed by atoms with Crippen LogP contribution in [0.2, 0.25) is 0 Å². The molecule has 1 aromatic carbocycles. The van der Waals surface area contributed by atoms with Gasteiger partial charge in [-0.05, 0) is 18.6 Å². The number of carbonyl (C=O) groups is 2. The number of aliphatic carboxylic acids is 2. The van der Waals surface area contributed by atoms with Gasteiger partial charge in [-0.15, -0.1) is 0 Å². The van der Waals surface area contributed by atoms with Crippen LogP contribution in [0.15, 0.2) is 41.5 Å². The Hall–Kier alpha value is -2.56. The molecule has 0 aromatic heterocycles. The van der Waals surface area contributed by atoms with E-state index >= 15 is 0 Å². The first-order valence-electron chi connectivity index (χ1n) is 5.46. The molecule has 0 atom stereocenters. The molecule has 0 amide bonds. The summed E-state index contributed by atoms with van der Waals surface area (Å²) in [5.41, 5.74) is 0.247. The second-order valence-electron chi connectivity index (χ2n) is 3.74. The van der Waals surface area contributed by atoms with Crippen LogP contribution < -0.4 is 4.74 Å². The first-order valence-corrected chi connectivity index (χ1v) is 5.46. The monoisotopic (exact) mass is 262 g/mol. The van der Waals surface area contributed by atoms with Crippen molar-refractivity contribution in [2.45, 2.75) is 6.92 Å². The lowest BCUT2D eigenvalue weighted by Gasteiger charge is -2.04. The van der Waals surface area contributed by atoms with E-state index in [-0.39, 0.29) is 5.57 Å². The van der Waals surface area contributed by atoms with E-state index in [1.54, 1.807) is 30.3 Å². The molecule has 1 rings (SSSR count). The van der Waals surface area contributed by atoms with Crippen LogP contribution in [0.25, 0.3) is 6.08 Å². The van der Waals surface area contributed by atoms with Crippen LogP contribution in [-0.4, -0.2) is 29.3 Å². The number of ether oxygens (including phenoxy) is 1. The van der Waals surface area contributed by atoms with Crippen LogP contribution in [0, 0.1) is 0 Å². The number of carboxylic acids is 2. The lowest BCUT2D eigenvalue weighted by atomic mass is 10.1. The Morgan fingerprint density at radius 1 is 1.16 bits per heavy atom. The number of allylic oxidation sites excluding steroid dienone is 2. The Morgan fingerprint density at radius 3 is 2.26 bits per heavy atom. The minimum Gasteiger partial charge on any atom is -0.496 e.